The van der Waals surface area contributed by atoms with Crippen LogP contribution in [-0.4, -0.2) is 21.3 Å². The molecule has 1 atom stereocenters. The Morgan fingerprint density at radius 1 is 1.23 bits per heavy atom. The molecule has 0 aliphatic carbocycles. The lowest BCUT2D eigenvalue weighted by molar-refractivity contribution is 0.182. The van der Waals surface area contributed by atoms with Crippen molar-refractivity contribution in [3.05, 3.63) is 54.1 Å². The molecule has 1 aromatic carbocycles. The Kier molecular flexibility index (Phi) is 5.67. The van der Waals surface area contributed by atoms with Crippen molar-refractivity contribution in [3.63, 3.8) is 0 Å². The topological polar surface area (TPSA) is 53.4 Å². The zero-order chi connectivity index (χ0) is 15.9. The van der Waals surface area contributed by atoms with E-state index in [0.717, 1.165) is 30.5 Å². The molecule has 1 aromatic heterocycles. The first-order valence-corrected chi connectivity index (χ1v) is 7.36. The van der Waals surface area contributed by atoms with Gasteiger partial charge >= 0.3 is 0 Å². The number of unbranched alkanes of at least 4 members (excludes halogenated alkanes) is 1. The normalized spacial score (nSPS) is 12.7. The zero-order valence-corrected chi connectivity index (χ0v) is 12.5. The Morgan fingerprint density at radius 2 is 2.00 bits per heavy atom. The molecule has 22 heavy (non-hydrogen) atoms. The Bertz CT molecular complexity index is 636. The van der Waals surface area contributed by atoms with Gasteiger partial charge in [0.05, 0.1) is 11.8 Å². The molecule has 0 spiro atoms. The standard InChI is InChI=1S/C18H20FNO2/c1-13(21)5-3-2-4-6-16-9-7-15(12-20-16)14-8-10-18(22)17(19)11-14/h4,6-13,21-22H,2-3,5H2,1H3. The van der Waals surface area contributed by atoms with Gasteiger partial charge in [-0.1, -0.05) is 18.2 Å². The molecule has 2 rings (SSSR count). The Hall–Kier alpha value is -2.20. The summed E-state index contributed by atoms with van der Waals surface area (Å²) < 4.78 is 13.3. The van der Waals surface area contributed by atoms with Crippen molar-refractivity contribution in [1.82, 2.24) is 4.98 Å². The van der Waals surface area contributed by atoms with Crippen molar-refractivity contribution >= 4 is 6.08 Å². The molecule has 0 saturated carbocycles. The lowest BCUT2D eigenvalue weighted by atomic mass is 10.1. The van der Waals surface area contributed by atoms with Crippen molar-refractivity contribution in [2.75, 3.05) is 0 Å². The van der Waals surface area contributed by atoms with Gasteiger partial charge in [0.25, 0.3) is 0 Å². The Labute approximate surface area is 129 Å². The maximum atomic E-state index is 13.3. The highest BCUT2D eigenvalue weighted by Gasteiger charge is 2.04. The van der Waals surface area contributed by atoms with E-state index in [-0.39, 0.29) is 11.9 Å². The van der Waals surface area contributed by atoms with Crippen molar-refractivity contribution in [3.8, 4) is 16.9 Å². The van der Waals surface area contributed by atoms with Crippen LogP contribution in [0.25, 0.3) is 17.2 Å². The molecule has 0 fully saturated rings. The number of aliphatic hydroxyl groups is 1. The number of hydrogen-bond donors (Lipinski definition) is 2. The van der Waals surface area contributed by atoms with Gasteiger partial charge in [-0.2, -0.15) is 0 Å². The van der Waals surface area contributed by atoms with E-state index in [1.165, 1.54) is 12.1 Å². The second-order valence-electron chi connectivity index (χ2n) is 5.32. The van der Waals surface area contributed by atoms with Gasteiger partial charge in [0, 0.05) is 11.8 Å². The van der Waals surface area contributed by atoms with Crippen LogP contribution in [0.3, 0.4) is 0 Å². The Balaban J connectivity index is 1.98. The molecule has 116 valence electrons. The Morgan fingerprint density at radius 3 is 2.64 bits per heavy atom. The van der Waals surface area contributed by atoms with Crippen molar-refractivity contribution in [1.29, 1.82) is 0 Å². The fraction of sp³-hybridized carbons (Fsp3) is 0.278. The van der Waals surface area contributed by atoms with E-state index >= 15 is 0 Å². The highest BCUT2D eigenvalue weighted by atomic mass is 19.1. The SMILES string of the molecule is CC(O)CCCC=Cc1ccc(-c2ccc(O)c(F)c2)cn1. The number of nitrogens with zero attached hydrogens (tertiary/aromatic N) is 1. The van der Waals surface area contributed by atoms with Crippen LogP contribution in [0, 0.1) is 5.82 Å². The van der Waals surface area contributed by atoms with Crippen LogP contribution in [0.15, 0.2) is 42.6 Å². The van der Waals surface area contributed by atoms with Crippen LogP contribution in [0.2, 0.25) is 0 Å². The van der Waals surface area contributed by atoms with Gasteiger partial charge in [-0.3, -0.25) is 4.98 Å². The molecule has 1 heterocycles. The first kappa shape index (κ1) is 16.2. The third-order valence-corrected chi connectivity index (χ3v) is 3.35. The summed E-state index contributed by atoms with van der Waals surface area (Å²) in [5, 5.41) is 18.4. The van der Waals surface area contributed by atoms with Crippen molar-refractivity contribution in [2.45, 2.75) is 32.3 Å². The average Bonchev–Trinajstić information content (AvgIpc) is 2.50. The van der Waals surface area contributed by atoms with E-state index in [1.807, 2.05) is 24.3 Å². The van der Waals surface area contributed by atoms with Crippen LogP contribution in [0.4, 0.5) is 4.39 Å². The third kappa shape index (κ3) is 4.67. The van der Waals surface area contributed by atoms with E-state index in [1.54, 1.807) is 19.2 Å². The van der Waals surface area contributed by atoms with E-state index in [0.29, 0.717) is 5.56 Å². The first-order valence-electron chi connectivity index (χ1n) is 7.36. The summed E-state index contributed by atoms with van der Waals surface area (Å²) >= 11 is 0. The number of phenols is 1. The molecule has 4 heteroatoms. The second-order valence-corrected chi connectivity index (χ2v) is 5.32. The maximum absolute atomic E-state index is 13.3. The first-order chi connectivity index (χ1) is 10.6. The number of rotatable bonds is 6. The molecule has 0 aliphatic heterocycles. The summed E-state index contributed by atoms with van der Waals surface area (Å²) in [5.74, 6) is -0.993. The molecular formula is C18H20FNO2. The maximum Gasteiger partial charge on any atom is 0.165 e. The van der Waals surface area contributed by atoms with E-state index in [2.05, 4.69) is 4.98 Å². The molecule has 0 bridgehead atoms. The van der Waals surface area contributed by atoms with Gasteiger partial charge in [-0.05, 0) is 56.0 Å². The van der Waals surface area contributed by atoms with Crippen molar-refractivity contribution in [2.24, 2.45) is 0 Å². The number of aromatic nitrogens is 1. The molecule has 0 saturated heterocycles. The van der Waals surface area contributed by atoms with Gasteiger partial charge in [0.2, 0.25) is 0 Å². The van der Waals surface area contributed by atoms with Crippen LogP contribution in [0.5, 0.6) is 5.75 Å². The molecule has 0 amide bonds. The second kappa shape index (κ2) is 7.71. The van der Waals surface area contributed by atoms with Crippen molar-refractivity contribution < 1.29 is 14.6 Å². The minimum absolute atomic E-state index is 0.253. The number of halogens is 1. The van der Waals surface area contributed by atoms with Gasteiger partial charge in [0.15, 0.2) is 11.6 Å². The molecule has 0 aliphatic rings. The molecule has 3 nitrogen and oxygen atoms in total. The quantitative estimate of drug-likeness (QED) is 0.788. The zero-order valence-electron chi connectivity index (χ0n) is 12.5. The smallest absolute Gasteiger partial charge is 0.165 e. The largest absolute Gasteiger partial charge is 0.505 e. The lowest BCUT2D eigenvalue weighted by Gasteiger charge is -2.03. The summed E-state index contributed by atoms with van der Waals surface area (Å²) in [6.45, 7) is 1.79. The summed E-state index contributed by atoms with van der Waals surface area (Å²) in [7, 11) is 0. The summed E-state index contributed by atoms with van der Waals surface area (Å²) in [5.41, 5.74) is 2.31. The highest BCUT2D eigenvalue weighted by molar-refractivity contribution is 5.64. The van der Waals surface area contributed by atoms with Gasteiger partial charge in [0.1, 0.15) is 0 Å². The van der Waals surface area contributed by atoms with Gasteiger partial charge in [-0.25, -0.2) is 4.39 Å². The predicted octanol–water partition coefficient (Wildman–Crippen LogP) is 4.16. The number of pyridine rings is 1. The fourth-order valence-corrected chi connectivity index (χ4v) is 2.10. The van der Waals surface area contributed by atoms with Gasteiger partial charge < -0.3 is 10.2 Å². The van der Waals surface area contributed by atoms with Crippen LogP contribution in [0.1, 0.15) is 31.9 Å². The highest BCUT2D eigenvalue weighted by Crippen LogP contribution is 2.24. The van der Waals surface area contributed by atoms with Crippen LogP contribution in [-0.2, 0) is 0 Å². The molecule has 2 N–H and O–H groups in total. The van der Waals surface area contributed by atoms with E-state index in [9.17, 15) is 9.50 Å². The third-order valence-electron chi connectivity index (χ3n) is 3.35. The monoisotopic (exact) mass is 301 g/mol. The number of benzene rings is 1. The van der Waals surface area contributed by atoms with Crippen LogP contribution >= 0.6 is 0 Å². The number of aromatic hydroxyl groups is 1. The number of allylic oxidation sites excluding steroid dienone is 1. The number of hydrogen-bond acceptors (Lipinski definition) is 3. The van der Waals surface area contributed by atoms with E-state index < -0.39 is 5.82 Å². The molecule has 2 aromatic rings. The molecule has 0 radical (unpaired) electrons. The minimum Gasteiger partial charge on any atom is -0.505 e. The number of phenolic OH excluding ortho intramolecular Hbond substituents is 1. The lowest BCUT2D eigenvalue weighted by Crippen LogP contribution is -1.97. The predicted molar refractivity (Wildman–Crippen MR) is 85.9 cm³/mol. The fourth-order valence-electron chi connectivity index (χ4n) is 2.10. The summed E-state index contributed by atoms with van der Waals surface area (Å²) in [6, 6.07) is 8.01. The van der Waals surface area contributed by atoms with E-state index in [4.69, 9.17) is 5.11 Å². The average molecular weight is 301 g/mol. The summed E-state index contributed by atoms with van der Waals surface area (Å²) in [6.07, 6.45) is 8.03. The molecule has 1 unspecified atom stereocenters. The van der Waals surface area contributed by atoms with Gasteiger partial charge in [-0.15, -0.1) is 0 Å². The minimum atomic E-state index is -0.639. The molecular weight excluding hydrogens is 281 g/mol. The number of aliphatic hydroxyl groups excluding tert-OH is 1. The summed E-state index contributed by atoms with van der Waals surface area (Å²) in [4.78, 5) is 4.32. The van der Waals surface area contributed by atoms with Crippen LogP contribution < -0.4 is 0 Å².